The average molecular weight is 506 g/mol. The van der Waals surface area contributed by atoms with Crippen molar-refractivity contribution in [2.45, 2.75) is 57.4 Å². The predicted octanol–water partition coefficient (Wildman–Crippen LogP) is 5.27. The lowest BCUT2D eigenvalue weighted by Gasteiger charge is -2.24. The molecule has 198 valence electrons. The largest absolute Gasteiger partial charge is 0.497 e. The third-order valence-electron chi connectivity index (χ3n) is 7.38. The number of nitrogens with zero attached hydrogens (tertiary/aromatic N) is 1. The lowest BCUT2D eigenvalue weighted by Crippen LogP contribution is -2.29. The lowest BCUT2D eigenvalue weighted by atomic mass is 9.82. The van der Waals surface area contributed by atoms with Gasteiger partial charge in [-0.15, -0.1) is 0 Å². The van der Waals surface area contributed by atoms with E-state index < -0.39 is 0 Å². The molecule has 1 aromatic heterocycles. The highest BCUT2D eigenvalue weighted by atomic mass is 16.5. The summed E-state index contributed by atoms with van der Waals surface area (Å²) in [6, 6.07) is 13.8. The van der Waals surface area contributed by atoms with Gasteiger partial charge in [0.05, 0.1) is 31.0 Å². The Morgan fingerprint density at radius 1 is 0.973 bits per heavy atom. The fraction of sp³-hybridized carbons (Fsp3) is 0.467. The number of aromatic nitrogens is 1. The third kappa shape index (κ3) is 6.16. The fourth-order valence-corrected chi connectivity index (χ4v) is 5.50. The summed E-state index contributed by atoms with van der Waals surface area (Å²) < 4.78 is 12.5. The molecule has 2 aromatic carbocycles. The van der Waals surface area contributed by atoms with E-state index in [1.54, 1.807) is 7.11 Å². The molecule has 1 heterocycles. The number of fused-ring (bicyclic) bond motifs is 1. The van der Waals surface area contributed by atoms with Gasteiger partial charge in [-0.2, -0.15) is 0 Å². The summed E-state index contributed by atoms with van der Waals surface area (Å²) in [5, 5.41) is 7.33. The average Bonchev–Trinajstić information content (AvgIpc) is 3.26. The van der Waals surface area contributed by atoms with Gasteiger partial charge in [-0.25, -0.2) is 4.79 Å². The maximum absolute atomic E-state index is 13.2. The summed E-state index contributed by atoms with van der Waals surface area (Å²) in [4.78, 5) is 25.6. The van der Waals surface area contributed by atoms with E-state index in [4.69, 9.17) is 9.47 Å². The number of hydrogen-bond acceptors (Lipinski definition) is 5. The Kier molecular flexibility index (Phi) is 9.23. The molecule has 7 heteroatoms. The molecule has 1 aliphatic rings. The molecule has 0 atom stereocenters. The lowest BCUT2D eigenvalue weighted by molar-refractivity contribution is -0.121. The highest BCUT2D eigenvalue weighted by molar-refractivity contribution is 5.99. The molecule has 0 aliphatic heterocycles. The van der Waals surface area contributed by atoms with Crippen LogP contribution in [0.1, 0.15) is 66.8 Å². The number of esters is 1. The van der Waals surface area contributed by atoms with Gasteiger partial charge in [0.1, 0.15) is 12.3 Å². The maximum Gasteiger partial charge on any atom is 0.337 e. The Balaban J connectivity index is 1.83. The second kappa shape index (κ2) is 12.8. The summed E-state index contributed by atoms with van der Waals surface area (Å²) in [5.41, 5.74) is 4.74. The van der Waals surface area contributed by atoms with Crippen LogP contribution in [0.5, 0.6) is 5.75 Å². The minimum Gasteiger partial charge on any atom is -0.497 e. The molecule has 0 unspecified atom stereocenters. The molecule has 37 heavy (non-hydrogen) atoms. The molecule has 0 saturated heterocycles. The number of amides is 1. The number of unbranched alkanes of at least 4 members (excludes halogenated alkanes) is 1. The Labute approximate surface area is 219 Å². The van der Waals surface area contributed by atoms with Gasteiger partial charge in [0.25, 0.3) is 0 Å². The molecule has 7 nitrogen and oxygen atoms in total. The van der Waals surface area contributed by atoms with Gasteiger partial charge in [0, 0.05) is 11.9 Å². The molecular formula is C30H39N3O4. The van der Waals surface area contributed by atoms with Crippen LogP contribution in [0.4, 0.5) is 0 Å². The monoisotopic (exact) mass is 505 g/mol. The standard InChI is InChI=1S/C30H39N3O4/c1-31-17-7-8-18-32-27(34)20-33-26-19-23(30(35)37-3)13-16-25(26)28(21-9-5-4-6-10-21)29(33)22-11-14-24(36-2)15-12-22/h11-16,19,21,31H,4-10,17-18,20H2,1-3H3,(H,32,34). The smallest absolute Gasteiger partial charge is 0.337 e. The van der Waals surface area contributed by atoms with Crippen LogP contribution in [-0.2, 0) is 16.1 Å². The minimum absolute atomic E-state index is 0.0326. The number of carbonyl (C=O) groups is 2. The first-order valence-corrected chi connectivity index (χ1v) is 13.4. The van der Waals surface area contributed by atoms with E-state index in [0.29, 0.717) is 18.0 Å². The van der Waals surface area contributed by atoms with Crippen molar-refractivity contribution in [1.29, 1.82) is 0 Å². The van der Waals surface area contributed by atoms with Crippen LogP contribution < -0.4 is 15.4 Å². The van der Waals surface area contributed by atoms with Crippen molar-refractivity contribution in [1.82, 2.24) is 15.2 Å². The topological polar surface area (TPSA) is 81.6 Å². The molecule has 4 rings (SSSR count). The van der Waals surface area contributed by atoms with Crippen molar-refractivity contribution in [3.8, 4) is 17.0 Å². The molecular weight excluding hydrogens is 466 g/mol. The second-order valence-electron chi connectivity index (χ2n) is 9.80. The van der Waals surface area contributed by atoms with Crippen molar-refractivity contribution >= 4 is 22.8 Å². The van der Waals surface area contributed by atoms with Gasteiger partial charge >= 0.3 is 5.97 Å². The number of methoxy groups -OCH3 is 2. The van der Waals surface area contributed by atoms with Crippen molar-refractivity contribution in [3.05, 3.63) is 53.6 Å². The molecule has 3 aromatic rings. The number of nitrogens with one attached hydrogen (secondary N) is 2. The first-order valence-electron chi connectivity index (χ1n) is 13.4. The molecule has 0 bridgehead atoms. The third-order valence-corrected chi connectivity index (χ3v) is 7.38. The van der Waals surface area contributed by atoms with Gasteiger partial charge in [-0.3, -0.25) is 4.79 Å². The SMILES string of the molecule is CNCCCCNC(=O)Cn1c(-c2ccc(OC)cc2)c(C2CCCCC2)c2ccc(C(=O)OC)cc21. The second-order valence-corrected chi connectivity index (χ2v) is 9.80. The number of ether oxygens (including phenoxy) is 2. The van der Waals surface area contributed by atoms with Crippen molar-refractivity contribution in [2.24, 2.45) is 0 Å². The molecule has 1 amide bonds. The zero-order valence-electron chi connectivity index (χ0n) is 22.3. The first-order chi connectivity index (χ1) is 18.1. The summed E-state index contributed by atoms with van der Waals surface area (Å²) in [6.45, 7) is 1.75. The van der Waals surface area contributed by atoms with Crippen LogP contribution in [0, 0.1) is 0 Å². The van der Waals surface area contributed by atoms with Crippen LogP contribution in [0.3, 0.4) is 0 Å². The van der Waals surface area contributed by atoms with E-state index >= 15 is 0 Å². The maximum atomic E-state index is 13.2. The zero-order valence-corrected chi connectivity index (χ0v) is 22.3. The van der Waals surface area contributed by atoms with E-state index in [0.717, 1.165) is 60.1 Å². The Bertz CT molecular complexity index is 1210. The van der Waals surface area contributed by atoms with Crippen LogP contribution in [0.25, 0.3) is 22.2 Å². The summed E-state index contributed by atoms with van der Waals surface area (Å²) in [6.07, 6.45) is 7.84. The molecule has 0 spiro atoms. The van der Waals surface area contributed by atoms with Gasteiger partial charge in [-0.05, 0) is 92.7 Å². The van der Waals surface area contributed by atoms with E-state index in [1.165, 1.54) is 31.9 Å². The van der Waals surface area contributed by atoms with Crippen LogP contribution in [-0.4, -0.2) is 50.8 Å². The van der Waals surface area contributed by atoms with E-state index in [9.17, 15) is 9.59 Å². The predicted molar refractivity (Wildman–Crippen MR) is 147 cm³/mol. The van der Waals surface area contributed by atoms with Gasteiger partial charge in [-0.1, -0.05) is 25.3 Å². The number of carbonyl (C=O) groups excluding carboxylic acids is 2. The quantitative estimate of drug-likeness (QED) is 0.274. The Hall–Kier alpha value is -3.32. The molecule has 0 radical (unpaired) electrons. The molecule has 1 aliphatic carbocycles. The summed E-state index contributed by atoms with van der Waals surface area (Å²) in [5.74, 6) is 0.782. The van der Waals surface area contributed by atoms with Gasteiger partial charge < -0.3 is 24.7 Å². The summed E-state index contributed by atoms with van der Waals surface area (Å²) in [7, 11) is 4.99. The normalized spacial score (nSPS) is 14.0. The van der Waals surface area contributed by atoms with Crippen molar-refractivity contribution in [3.63, 3.8) is 0 Å². The van der Waals surface area contributed by atoms with E-state index in [1.807, 2.05) is 37.4 Å². The molecule has 1 fully saturated rings. The van der Waals surface area contributed by atoms with Gasteiger partial charge in [0.15, 0.2) is 0 Å². The Morgan fingerprint density at radius 3 is 2.38 bits per heavy atom. The highest BCUT2D eigenvalue weighted by Gasteiger charge is 2.28. The van der Waals surface area contributed by atoms with Crippen LogP contribution in [0.2, 0.25) is 0 Å². The number of benzene rings is 2. The minimum atomic E-state index is -0.381. The number of rotatable bonds is 11. The van der Waals surface area contributed by atoms with Gasteiger partial charge in [0.2, 0.25) is 5.91 Å². The van der Waals surface area contributed by atoms with E-state index in [2.05, 4.69) is 27.3 Å². The molecule has 1 saturated carbocycles. The van der Waals surface area contributed by atoms with E-state index in [-0.39, 0.29) is 18.4 Å². The highest BCUT2D eigenvalue weighted by Crippen LogP contribution is 2.44. The van der Waals surface area contributed by atoms with Crippen molar-refractivity contribution < 1.29 is 19.1 Å². The van der Waals surface area contributed by atoms with Crippen LogP contribution >= 0.6 is 0 Å². The van der Waals surface area contributed by atoms with Crippen molar-refractivity contribution in [2.75, 3.05) is 34.4 Å². The molecule has 2 N–H and O–H groups in total. The Morgan fingerprint density at radius 2 is 1.70 bits per heavy atom. The van der Waals surface area contributed by atoms with Crippen LogP contribution in [0.15, 0.2) is 42.5 Å². The first kappa shape index (κ1) is 26.7. The fourth-order valence-electron chi connectivity index (χ4n) is 5.50. The summed E-state index contributed by atoms with van der Waals surface area (Å²) >= 11 is 0. The zero-order chi connectivity index (χ0) is 26.2. The number of hydrogen-bond donors (Lipinski definition) is 2.